The summed E-state index contributed by atoms with van der Waals surface area (Å²) in [7, 11) is 0. The van der Waals surface area contributed by atoms with Crippen LogP contribution >= 0.6 is 45.2 Å². The van der Waals surface area contributed by atoms with Crippen molar-refractivity contribution in [3.8, 4) is 5.75 Å². The largest absolute Gasteiger partial charge is 0.506 e. The van der Waals surface area contributed by atoms with E-state index in [2.05, 4.69) is 45.2 Å². The molecule has 0 amide bonds. The van der Waals surface area contributed by atoms with E-state index in [4.69, 9.17) is 5.73 Å². The monoisotopic (exact) mass is 417 g/mol. The third-order valence-corrected chi connectivity index (χ3v) is 3.37. The number of aldehydes is 1. The Bertz CT molecular complexity index is 332. The van der Waals surface area contributed by atoms with Gasteiger partial charge in [0.05, 0.1) is 13.2 Å². The standard InChI is InChI=1S/C9H9I2NO2/c10-7-2-5(1-6(12)4-13)3-8(11)9(7)14/h2-4,6,14H,1,12H2/t6-/m0/s1. The molecule has 5 heteroatoms. The molecule has 76 valence electrons. The second kappa shape index (κ2) is 5.26. The maximum atomic E-state index is 10.4. The van der Waals surface area contributed by atoms with Gasteiger partial charge in [-0.2, -0.15) is 0 Å². The van der Waals surface area contributed by atoms with Crippen LogP contribution in [0.2, 0.25) is 0 Å². The lowest BCUT2D eigenvalue weighted by Gasteiger charge is -2.07. The Labute approximate surface area is 109 Å². The maximum absolute atomic E-state index is 10.4. The summed E-state index contributed by atoms with van der Waals surface area (Å²) >= 11 is 4.10. The first kappa shape index (κ1) is 12.2. The van der Waals surface area contributed by atoms with E-state index < -0.39 is 6.04 Å². The van der Waals surface area contributed by atoms with E-state index in [9.17, 15) is 9.90 Å². The smallest absolute Gasteiger partial charge is 0.142 e. The summed E-state index contributed by atoms with van der Waals surface area (Å²) in [6, 6.07) is 3.20. The van der Waals surface area contributed by atoms with Gasteiger partial charge in [-0.25, -0.2) is 0 Å². The highest BCUT2D eigenvalue weighted by molar-refractivity contribution is 14.1. The highest BCUT2D eigenvalue weighted by atomic mass is 127. The van der Waals surface area contributed by atoms with E-state index >= 15 is 0 Å². The van der Waals surface area contributed by atoms with Crippen molar-refractivity contribution in [1.29, 1.82) is 0 Å². The van der Waals surface area contributed by atoms with Gasteiger partial charge >= 0.3 is 0 Å². The summed E-state index contributed by atoms with van der Waals surface area (Å²) in [5.41, 5.74) is 6.48. The zero-order valence-electron chi connectivity index (χ0n) is 7.21. The summed E-state index contributed by atoms with van der Waals surface area (Å²) in [4.78, 5) is 10.4. The van der Waals surface area contributed by atoms with Crippen molar-refractivity contribution < 1.29 is 9.90 Å². The predicted octanol–water partition coefficient (Wildman–Crippen LogP) is 1.67. The van der Waals surface area contributed by atoms with E-state index in [1.807, 2.05) is 12.1 Å². The molecular formula is C9H9I2NO2. The number of carbonyl (C=O) groups excluding carboxylic acids is 1. The SMILES string of the molecule is N[C@H](C=O)Cc1cc(I)c(O)c(I)c1. The second-order valence-corrected chi connectivity index (χ2v) is 5.24. The maximum Gasteiger partial charge on any atom is 0.142 e. The Kier molecular flexibility index (Phi) is 4.58. The fraction of sp³-hybridized carbons (Fsp3) is 0.222. The molecule has 0 bridgehead atoms. The third kappa shape index (κ3) is 3.06. The van der Waals surface area contributed by atoms with E-state index in [-0.39, 0.29) is 5.75 Å². The van der Waals surface area contributed by atoms with Crippen molar-refractivity contribution >= 4 is 51.5 Å². The fourth-order valence-corrected chi connectivity index (χ4v) is 2.95. The molecular weight excluding hydrogens is 408 g/mol. The number of nitrogens with two attached hydrogens (primary N) is 1. The molecule has 14 heavy (non-hydrogen) atoms. The zero-order chi connectivity index (χ0) is 10.7. The Hall–Kier alpha value is 0.110. The number of hydrogen-bond donors (Lipinski definition) is 2. The Morgan fingerprint density at radius 2 is 1.93 bits per heavy atom. The van der Waals surface area contributed by atoms with Crippen molar-refractivity contribution in [2.45, 2.75) is 12.5 Å². The average molecular weight is 417 g/mol. The number of aromatic hydroxyl groups is 1. The van der Waals surface area contributed by atoms with Crippen LogP contribution in [0, 0.1) is 7.14 Å². The molecule has 0 aromatic heterocycles. The molecule has 3 N–H and O–H groups in total. The minimum Gasteiger partial charge on any atom is -0.506 e. The highest BCUT2D eigenvalue weighted by Gasteiger charge is 2.08. The molecule has 1 aromatic carbocycles. The van der Waals surface area contributed by atoms with Gasteiger partial charge in [-0.1, -0.05) is 0 Å². The second-order valence-electron chi connectivity index (χ2n) is 2.91. The molecule has 0 unspecified atom stereocenters. The lowest BCUT2D eigenvalue weighted by Crippen LogP contribution is -2.24. The summed E-state index contributed by atoms with van der Waals surface area (Å²) in [5, 5.41) is 9.51. The average Bonchev–Trinajstić information content (AvgIpc) is 2.14. The Morgan fingerprint density at radius 3 is 2.36 bits per heavy atom. The quantitative estimate of drug-likeness (QED) is 0.582. The molecule has 0 aliphatic heterocycles. The molecule has 1 atom stereocenters. The van der Waals surface area contributed by atoms with Gasteiger partial charge in [0.2, 0.25) is 0 Å². The molecule has 0 fully saturated rings. The number of hydrogen-bond acceptors (Lipinski definition) is 3. The van der Waals surface area contributed by atoms with Gasteiger partial charge < -0.3 is 15.6 Å². The predicted molar refractivity (Wildman–Crippen MR) is 71.3 cm³/mol. The number of benzene rings is 1. The summed E-state index contributed by atoms with van der Waals surface area (Å²) in [6.07, 6.45) is 1.24. The van der Waals surface area contributed by atoms with E-state index in [1.165, 1.54) is 0 Å². The molecule has 1 rings (SSSR count). The first-order chi connectivity index (χ1) is 6.54. The summed E-state index contributed by atoms with van der Waals surface area (Å²) in [5.74, 6) is 0.287. The van der Waals surface area contributed by atoms with Gasteiger partial charge in [-0.05, 0) is 69.3 Å². The van der Waals surface area contributed by atoms with Gasteiger partial charge in [-0.3, -0.25) is 0 Å². The Balaban J connectivity index is 2.95. The van der Waals surface area contributed by atoms with E-state index in [0.717, 1.165) is 19.0 Å². The van der Waals surface area contributed by atoms with Crippen LogP contribution in [-0.4, -0.2) is 17.4 Å². The molecule has 0 radical (unpaired) electrons. The first-order valence-electron chi connectivity index (χ1n) is 3.92. The molecule has 3 nitrogen and oxygen atoms in total. The number of phenols is 1. The van der Waals surface area contributed by atoms with Crippen molar-refractivity contribution in [3.05, 3.63) is 24.8 Å². The molecule has 0 spiro atoms. The Morgan fingerprint density at radius 1 is 1.43 bits per heavy atom. The first-order valence-corrected chi connectivity index (χ1v) is 6.08. The van der Waals surface area contributed by atoms with Crippen molar-refractivity contribution in [2.75, 3.05) is 0 Å². The van der Waals surface area contributed by atoms with Gasteiger partial charge in [0.1, 0.15) is 12.0 Å². The number of halogens is 2. The van der Waals surface area contributed by atoms with Crippen LogP contribution in [0.15, 0.2) is 12.1 Å². The van der Waals surface area contributed by atoms with Gasteiger partial charge in [0.25, 0.3) is 0 Å². The van der Waals surface area contributed by atoms with Crippen LogP contribution in [0.25, 0.3) is 0 Å². The minimum absolute atomic E-state index is 0.287. The lowest BCUT2D eigenvalue weighted by atomic mass is 10.1. The van der Waals surface area contributed by atoms with Crippen LogP contribution in [0.3, 0.4) is 0 Å². The summed E-state index contributed by atoms with van der Waals surface area (Å²) in [6.45, 7) is 0. The highest BCUT2D eigenvalue weighted by Crippen LogP contribution is 2.27. The van der Waals surface area contributed by atoms with E-state index in [0.29, 0.717) is 6.42 Å². The molecule has 0 saturated heterocycles. The summed E-state index contributed by atoms with van der Waals surface area (Å²) < 4.78 is 1.56. The van der Waals surface area contributed by atoms with Crippen LogP contribution in [0.4, 0.5) is 0 Å². The van der Waals surface area contributed by atoms with Gasteiger partial charge in [0, 0.05) is 0 Å². The van der Waals surface area contributed by atoms with Gasteiger partial charge in [-0.15, -0.1) is 0 Å². The van der Waals surface area contributed by atoms with Crippen LogP contribution in [-0.2, 0) is 11.2 Å². The molecule has 0 aliphatic carbocycles. The molecule has 1 aromatic rings. The number of carbonyl (C=O) groups is 1. The van der Waals surface area contributed by atoms with Crippen molar-refractivity contribution in [1.82, 2.24) is 0 Å². The molecule has 0 saturated carbocycles. The van der Waals surface area contributed by atoms with Crippen LogP contribution < -0.4 is 5.73 Å². The van der Waals surface area contributed by atoms with Crippen molar-refractivity contribution in [3.63, 3.8) is 0 Å². The van der Waals surface area contributed by atoms with Gasteiger partial charge in [0.15, 0.2) is 0 Å². The van der Waals surface area contributed by atoms with Crippen molar-refractivity contribution in [2.24, 2.45) is 5.73 Å². The van der Waals surface area contributed by atoms with Crippen LogP contribution in [0.1, 0.15) is 5.56 Å². The fourth-order valence-electron chi connectivity index (χ4n) is 1.06. The minimum atomic E-state index is -0.467. The number of phenolic OH excluding ortho intramolecular Hbond substituents is 1. The normalized spacial score (nSPS) is 12.5. The third-order valence-electron chi connectivity index (χ3n) is 1.72. The topological polar surface area (TPSA) is 63.3 Å². The zero-order valence-corrected chi connectivity index (χ0v) is 11.5. The van der Waals surface area contributed by atoms with E-state index in [1.54, 1.807) is 0 Å². The molecule has 0 aliphatic rings. The molecule has 0 heterocycles. The number of rotatable bonds is 3. The lowest BCUT2D eigenvalue weighted by molar-refractivity contribution is -0.108. The van der Waals surface area contributed by atoms with Crippen LogP contribution in [0.5, 0.6) is 5.75 Å².